The van der Waals surface area contributed by atoms with Crippen molar-refractivity contribution in [1.82, 2.24) is 4.98 Å². The third-order valence-corrected chi connectivity index (χ3v) is 4.36. The summed E-state index contributed by atoms with van der Waals surface area (Å²) >= 11 is 0. The Balaban J connectivity index is 2.24. The summed E-state index contributed by atoms with van der Waals surface area (Å²) in [5, 5.41) is 0. The monoisotopic (exact) mass is 291 g/mol. The van der Waals surface area contributed by atoms with Gasteiger partial charge in [-0.3, -0.25) is 4.79 Å². The fourth-order valence-corrected chi connectivity index (χ4v) is 3.13. The number of ether oxygens (including phenoxy) is 1. The van der Waals surface area contributed by atoms with Gasteiger partial charge in [-0.05, 0) is 36.7 Å². The maximum Gasteiger partial charge on any atom is 0.254 e. The van der Waals surface area contributed by atoms with E-state index in [9.17, 15) is 4.79 Å². The molecular weight excluding hydrogens is 266 g/mol. The summed E-state index contributed by atoms with van der Waals surface area (Å²) in [4.78, 5) is 15.7. The zero-order chi connectivity index (χ0) is 15.6. The number of amides is 1. The second kappa shape index (κ2) is 6.33. The summed E-state index contributed by atoms with van der Waals surface area (Å²) in [5.41, 5.74) is 11.7. The summed E-state index contributed by atoms with van der Waals surface area (Å²) in [5.74, 6) is 1.38. The molecule has 5 nitrogen and oxygen atoms in total. The van der Waals surface area contributed by atoms with E-state index in [1.165, 1.54) is 18.7 Å². The number of hydrogen-bond acceptors (Lipinski definition) is 4. The molecule has 1 aliphatic carbocycles. The Labute approximate surface area is 126 Å². The second-order valence-corrected chi connectivity index (χ2v) is 6.47. The van der Waals surface area contributed by atoms with E-state index >= 15 is 0 Å². The molecule has 2 rings (SSSR count). The Hall–Kier alpha value is -1.78. The van der Waals surface area contributed by atoms with Gasteiger partial charge < -0.3 is 16.2 Å². The lowest BCUT2D eigenvalue weighted by atomic mass is 9.75. The van der Waals surface area contributed by atoms with Crippen LogP contribution in [0.5, 0.6) is 5.88 Å². The van der Waals surface area contributed by atoms with Crippen molar-refractivity contribution in [1.29, 1.82) is 0 Å². The third kappa shape index (κ3) is 3.65. The lowest BCUT2D eigenvalue weighted by Crippen LogP contribution is -2.37. The van der Waals surface area contributed by atoms with E-state index in [0.29, 0.717) is 29.3 Å². The zero-order valence-electron chi connectivity index (χ0n) is 13.0. The molecular formula is C16H25N3O2. The first kappa shape index (κ1) is 15.6. The maximum atomic E-state index is 11.5. The molecule has 0 aromatic carbocycles. The molecule has 0 radical (unpaired) electrons. The van der Waals surface area contributed by atoms with Gasteiger partial charge >= 0.3 is 0 Å². The number of carbonyl (C=O) groups excluding carboxylic acids is 1. The molecule has 1 aromatic heterocycles. The van der Waals surface area contributed by atoms with Gasteiger partial charge in [0.25, 0.3) is 5.91 Å². The number of rotatable bonds is 4. The average Bonchev–Trinajstić information content (AvgIpc) is 2.40. The van der Waals surface area contributed by atoms with Gasteiger partial charge in [0.1, 0.15) is 11.7 Å². The van der Waals surface area contributed by atoms with E-state index in [1.807, 2.05) is 0 Å². The van der Waals surface area contributed by atoms with E-state index in [1.54, 1.807) is 0 Å². The number of aromatic nitrogens is 1. The first-order chi connectivity index (χ1) is 9.88. The summed E-state index contributed by atoms with van der Waals surface area (Å²) < 4.78 is 6.08. The third-order valence-electron chi connectivity index (χ3n) is 4.36. The number of pyridine rings is 1. The summed E-state index contributed by atoms with van der Waals surface area (Å²) in [6.45, 7) is 6.66. The molecule has 1 saturated carbocycles. The molecule has 3 unspecified atom stereocenters. The van der Waals surface area contributed by atoms with Crippen LogP contribution in [0.25, 0.3) is 0 Å². The van der Waals surface area contributed by atoms with Crippen molar-refractivity contribution in [3.05, 3.63) is 17.8 Å². The number of primary amides is 1. The van der Waals surface area contributed by atoms with Crippen LogP contribution < -0.4 is 16.2 Å². The molecule has 0 spiro atoms. The molecule has 1 aromatic rings. The molecule has 0 saturated heterocycles. The predicted octanol–water partition coefficient (Wildman–Crippen LogP) is 2.60. The Morgan fingerprint density at radius 2 is 2.14 bits per heavy atom. The number of nitrogens with zero attached hydrogens (tertiary/aromatic N) is 1. The highest BCUT2D eigenvalue weighted by molar-refractivity contribution is 5.95. The molecule has 0 aliphatic heterocycles. The highest BCUT2D eigenvalue weighted by Gasteiger charge is 2.33. The van der Waals surface area contributed by atoms with Gasteiger partial charge in [-0.1, -0.05) is 27.2 Å². The standard InChI is InChI=1S/C16H25N3O2/c1-9(2)12-5-4-10(3)6-14(12)21-16-13(15(18)20)7-11(17)8-19-16/h7-10,12,14H,4-6,17H2,1-3H3,(H2,18,20). The van der Waals surface area contributed by atoms with Crippen molar-refractivity contribution in [2.24, 2.45) is 23.5 Å². The molecule has 0 bridgehead atoms. The Kier molecular flexibility index (Phi) is 4.70. The van der Waals surface area contributed by atoms with Gasteiger partial charge in [0.15, 0.2) is 0 Å². The van der Waals surface area contributed by atoms with Crippen molar-refractivity contribution in [2.45, 2.75) is 46.1 Å². The summed E-state index contributed by atoms with van der Waals surface area (Å²) in [6.07, 6.45) is 4.92. The average molecular weight is 291 g/mol. The van der Waals surface area contributed by atoms with Crippen LogP contribution in [-0.2, 0) is 0 Å². The summed E-state index contributed by atoms with van der Waals surface area (Å²) in [6, 6.07) is 1.53. The van der Waals surface area contributed by atoms with Gasteiger partial charge in [0.2, 0.25) is 5.88 Å². The zero-order valence-corrected chi connectivity index (χ0v) is 13.0. The normalized spacial score (nSPS) is 25.8. The van der Waals surface area contributed by atoms with Crippen molar-refractivity contribution in [3.8, 4) is 5.88 Å². The number of anilines is 1. The van der Waals surface area contributed by atoms with Crippen LogP contribution in [0, 0.1) is 17.8 Å². The van der Waals surface area contributed by atoms with Gasteiger partial charge in [0.05, 0.1) is 11.9 Å². The van der Waals surface area contributed by atoms with Crippen LogP contribution in [0.3, 0.4) is 0 Å². The molecule has 1 fully saturated rings. The lowest BCUT2D eigenvalue weighted by Gasteiger charge is -2.37. The van der Waals surface area contributed by atoms with Gasteiger partial charge in [-0.15, -0.1) is 0 Å². The van der Waals surface area contributed by atoms with E-state index < -0.39 is 5.91 Å². The molecule has 3 atom stereocenters. The highest BCUT2D eigenvalue weighted by Crippen LogP contribution is 2.36. The fourth-order valence-electron chi connectivity index (χ4n) is 3.13. The minimum Gasteiger partial charge on any atom is -0.473 e. The van der Waals surface area contributed by atoms with Crippen LogP contribution in [0.4, 0.5) is 5.69 Å². The smallest absolute Gasteiger partial charge is 0.254 e. The van der Waals surface area contributed by atoms with Crippen molar-refractivity contribution >= 4 is 11.6 Å². The number of hydrogen-bond donors (Lipinski definition) is 2. The van der Waals surface area contributed by atoms with Gasteiger partial charge in [0, 0.05) is 0 Å². The van der Waals surface area contributed by atoms with Crippen LogP contribution >= 0.6 is 0 Å². The first-order valence-electron chi connectivity index (χ1n) is 7.60. The predicted molar refractivity (Wildman–Crippen MR) is 82.9 cm³/mol. The minimum atomic E-state index is -0.560. The Bertz CT molecular complexity index is 516. The number of carbonyl (C=O) groups is 1. The second-order valence-electron chi connectivity index (χ2n) is 6.47. The van der Waals surface area contributed by atoms with Crippen LogP contribution in [0.2, 0.25) is 0 Å². The topological polar surface area (TPSA) is 91.2 Å². The van der Waals surface area contributed by atoms with Crippen LogP contribution in [0.15, 0.2) is 12.3 Å². The molecule has 1 amide bonds. The molecule has 21 heavy (non-hydrogen) atoms. The molecule has 5 heteroatoms. The molecule has 4 N–H and O–H groups in total. The largest absolute Gasteiger partial charge is 0.473 e. The summed E-state index contributed by atoms with van der Waals surface area (Å²) in [7, 11) is 0. The minimum absolute atomic E-state index is 0.0722. The van der Waals surface area contributed by atoms with Gasteiger partial charge in [-0.2, -0.15) is 0 Å². The lowest BCUT2D eigenvalue weighted by molar-refractivity contribution is 0.0418. The molecule has 1 heterocycles. The van der Waals surface area contributed by atoms with Crippen molar-refractivity contribution < 1.29 is 9.53 Å². The number of nitrogen functional groups attached to an aromatic ring is 1. The van der Waals surface area contributed by atoms with Crippen molar-refractivity contribution in [3.63, 3.8) is 0 Å². The first-order valence-corrected chi connectivity index (χ1v) is 7.60. The van der Waals surface area contributed by atoms with Crippen LogP contribution in [-0.4, -0.2) is 17.0 Å². The molecule has 116 valence electrons. The molecule has 1 aliphatic rings. The highest BCUT2D eigenvalue weighted by atomic mass is 16.5. The quantitative estimate of drug-likeness (QED) is 0.892. The van der Waals surface area contributed by atoms with Crippen LogP contribution in [0.1, 0.15) is 50.4 Å². The maximum absolute atomic E-state index is 11.5. The fraction of sp³-hybridized carbons (Fsp3) is 0.625. The SMILES string of the molecule is CC1CCC(C(C)C)C(Oc2ncc(N)cc2C(N)=O)C1. The Morgan fingerprint density at radius 3 is 2.76 bits per heavy atom. The number of nitrogens with two attached hydrogens (primary N) is 2. The van der Waals surface area contributed by atoms with Crippen molar-refractivity contribution in [2.75, 3.05) is 5.73 Å². The van der Waals surface area contributed by atoms with E-state index in [-0.39, 0.29) is 11.7 Å². The Morgan fingerprint density at radius 1 is 1.43 bits per heavy atom. The van der Waals surface area contributed by atoms with Gasteiger partial charge in [-0.25, -0.2) is 4.98 Å². The van der Waals surface area contributed by atoms with E-state index in [0.717, 1.165) is 12.8 Å². The van der Waals surface area contributed by atoms with E-state index in [4.69, 9.17) is 16.2 Å². The van der Waals surface area contributed by atoms with E-state index in [2.05, 4.69) is 25.8 Å².